The number of anilines is 1. The molecule has 0 saturated carbocycles. The molecule has 0 amide bonds. The van der Waals surface area contributed by atoms with Gasteiger partial charge >= 0.3 is 6.36 Å². The first-order valence-electron chi connectivity index (χ1n) is 6.82. The fourth-order valence-corrected chi connectivity index (χ4v) is 2.49. The summed E-state index contributed by atoms with van der Waals surface area (Å²) in [4.78, 5) is 2.19. The number of ether oxygens (including phenoxy) is 1. The second kappa shape index (κ2) is 6.35. The predicted molar refractivity (Wildman–Crippen MR) is 72.0 cm³/mol. The van der Waals surface area contributed by atoms with Crippen LogP contribution in [0.15, 0.2) is 24.3 Å². The lowest BCUT2D eigenvalue weighted by atomic mass is 10.0. The third kappa shape index (κ3) is 4.30. The summed E-state index contributed by atoms with van der Waals surface area (Å²) in [7, 11) is 0. The van der Waals surface area contributed by atoms with Crippen LogP contribution in [0.1, 0.15) is 19.8 Å². The van der Waals surface area contributed by atoms with Crippen molar-refractivity contribution >= 4 is 5.69 Å². The molecule has 0 spiro atoms. The average Bonchev–Trinajstić information content (AvgIpc) is 2.39. The maximum absolute atomic E-state index is 12.1. The quantitative estimate of drug-likeness (QED) is 0.921. The fraction of sp³-hybridized carbons (Fsp3) is 0.571. The van der Waals surface area contributed by atoms with E-state index in [2.05, 4.69) is 21.9 Å². The molecule has 0 bridgehead atoms. The summed E-state index contributed by atoms with van der Waals surface area (Å²) in [5, 5.41) is 3.42. The van der Waals surface area contributed by atoms with Crippen molar-refractivity contribution in [3.05, 3.63) is 24.3 Å². The molecule has 1 aromatic carbocycles. The Bertz CT molecular complexity index is 411. The Morgan fingerprint density at radius 2 is 1.80 bits per heavy atom. The van der Waals surface area contributed by atoms with Crippen molar-refractivity contribution in [2.75, 3.05) is 24.5 Å². The van der Waals surface area contributed by atoms with Crippen molar-refractivity contribution in [1.82, 2.24) is 5.32 Å². The summed E-state index contributed by atoms with van der Waals surface area (Å²) < 4.78 is 40.1. The highest BCUT2D eigenvalue weighted by Gasteiger charge is 2.31. The normalized spacial score (nSPS) is 17.3. The van der Waals surface area contributed by atoms with E-state index in [1.54, 1.807) is 12.1 Å². The number of nitrogens with one attached hydrogen (secondary N) is 1. The molecule has 1 fully saturated rings. The minimum absolute atomic E-state index is 0.177. The summed E-state index contributed by atoms with van der Waals surface area (Å²) >= 11 is 0. The van der Waals surface area contributed by atoms with Gasteiger partial charge in [0.2, 0.25) is 0 Å². The number of benzene rings is 1. The van der Waals surface area contributed by atoms with Crippen molar-refractivity contribution in [2.45, 2.75) is 32.2 Å². The first-order chi connectivity index (χ1) is 9.48. The van der Waals surface area contributed by atoms with Crippen molar-refractivity contribution in [3.8, 4) is 5.75 Å². The smallest absolute Gasteiger partial charge is 0.406 e. The summed E-state index contributed by atoms with van der Waals surface area (Å²) in [6.07, 6.45) is -2.53. The second-order valence-corrected chi connectivity index (χ2v) is 4.86. The van der Waals surface area contributed by atoms with Gasteiger partial charge in [-0.1, -0.05) is 6.92 Å². The largest absolute Gasteiger partial charge is 0.573 e. The molecule has 0 radical (unpaired) electrons. The highest BCUT2D eigenvalue weighted by Crippen LogP contribution is 2.26. The van der Waals surface area contributed by atoms with Crippen molar-refractivity contribution in [1.29, 1.82) is 0 Å². The lowest BCUT2D eigenvalue weighted by Crippen LogP contribution is -2.42. The molecule has 6 heteroatoms. The van der Waals surface area contributed by atoms with Gasteiger partial charge in [0.15, 0.2) is 0 Å². The van der Waals surface area contributed by atoms with E-state index in [-0.39, 0.29) is 5.75 Å². The maximum atomic E-state index is 12.1. The Hall–Kier alpha value is -1.43. The molecule has 0 unspecified atom stereocenters. The Kier molecular flexibility index (Phi) is 4.75. The molecule has 1 aliphatic rings. The molecule has 3 nitrogen and oxygen atoms in total. The second-order valence-electron chi connectivity index (χ2n) is 4.86. The van der Waals surface area contributed by atoms with Crippen LogP contribution in [-0.2, 0) is 0 Å². The zero-order chi connectivity index (χ0) is 14.6. The summed E-state index contributed by atoms with van der Waals surface area (Å²) in [5.74, 6) is -0.177. The Labute approximate surface area is 116 Å². The van der Waals surface area contributed by atoms with Crippen molar-refractivity contribution in [2.24, 2.45) is 0 Å². The molecule has 0 atom stereocenters. The van der Waals surface area contributed by atoms with E-state index in [0.29, 0.717) is 6.04 Å². The standard InChI is InChI=1S/C14H19F3N2O/c1-2-18-11-7-9-19(10-8-11)12-3-5-13(6-4-12)20-14(15,16)17/h3-6,11,18H,2,7-10H2,1H3. The molecule has 1 aliphatic heterocycles. The van der Waals surface area contributed by atoms with Crippen LogP contribution in [0.4, 0.5) is 18.9 Å². The minimum atomic E-state index is -4.63. The van der Waals surface area contributed by atoms with Gasteiger partial charge in [0.1, 0.15) is 5.75 Å². The van der Waals surface area contributed by atoms with Gasteiger partial charge in [-0.25, -0.2) is 0 Å². The third-order valence-corrected chi connectivity index (χ3v) is 3.42. The molecule has 0 aliphatic carbocycles. The van der Waals surface area contributed by atoms with Gasteiger partial charge in [-0.3, -0.25) is 0 Å². The van der Waals surface area contributed by atoms with Crippen LogP contribution in [0.25, 0.3) is 0 Å². The molecule has 1 heterocycles. The van der Waals surface area contributed by atoms with Crippen LogP contribution in [0.5, 0.6) is 5.75 Å². The predicted octanol–water partition coefficient (Wildman–Crippen LogP) is 3.16. The third-order valence-electron chi connectivity index (χ3n) is 3.42. The number of hydrogen-bond acceptors (Lipinski definition) is 3. The number of halogens is 3. The van der Waals surface area contributed by atoms with Crippen LogP contribution >= 0.6 is 0 Å². The first-order valence-corrected chi connectivity index (χ1v) is 6.82. The van der Waals surface area contributed by atoms with Gasteiger partial charge in [0.05, 0.1) is 0 Å². The fourth-order valence-electron chi connectivity index (χ4n) is 2.49. The van der Waals surface area contributed by atoms with Crippen molar-refractivity contribution < 1.29 is 17.9 Å². The molecular formula is C14H19F3N2O. The van der Waals surface area contributed by atoms with E-state index in [9.17, 15) is 13.2 Å². The summed E-state index contributed by atoms with van der Waals surface area (Å²) in [6.45, 7) is 4.88. The highest BCUT2D eigenvalue weighted by atomic mass is 19.4. The van der Waals surface area contributed by atoms with Crippen LogP contribution in [0.2, 0.25) is 0 Å². The molecule has 0 aromatic heterocycles. The van der Waals surface area contributed by atoms with Gasteiger partial charge in [-0.05, 0) is 43.7 Å². The monoisotopic (exact) mass is 288 g/mol. The van der Waals surface area contributed by atoms with E-state index in [1.165, 1.54) is 12.1 Å². The van der Waals surface area contributed by atoms with Crippen LogP contribution in [-0.4, -0.2) is 32.0 Å². The lowest BCUT2D eigenvalue weighted by molar-refractivity contribution is -0.274. The van der Waals surface area contributed by atoms with Gasteiger partial charge in [0, 0.05) is 24.8 Å². The van der Waals surface area contributed by atoms with Crippen LogP contribution < -0.4 is 15.0 Å². The van der Waals surface area contributed by atoms with E-state index in [4.69, 9.17) is 0 Å². The summed E-state index contributed by atoms with van der Waals surface area (Å²) in [6, 6.07) is 6.62. The molecule has 2 rings (SSSR count). The molecular weight excluding hydrogens is 269 g/mol. The van der Waals surface area contributed by atoms with E-state index in [1.807, 2.05) is 0 Å². The van der Waals surface area contributed by atoms with Crippen LogP contribution in [0.3, 0.4) is 0 Å². The molecule has 1 saturated heterocycles. The van der Waals surface area contributed by atoms with Gasteiger partial charge in [-0.2, -0.15) is 0 Å². The zero-order valence-electron chi connectivity index (χ0n) is 11.4. The van der Waals surface area contributed by atoms with E-state index < -0.39 is 6.36 Å². The molecule has 1 N–H and O–H groups in total. The number of alkyl halides is 3. The van der Waals surface area contributed by atoms with Gasteiger partial charge in [0.25, 0.3) is 0 Å². The average molecular weight is 288 g/mol. The van der Waals surface area contributed by atoms with Crippen molar-refractivity contribution in [3.63, 3.8) is 0 Å². The zero-order valence-corrected chi connectivity index (χ0v) is 11.4. The Balaban J connectivity index is 1.91. The van der Waals surface area contributed by atoms with Gasteiger partial charge < -0.3 is 15.0 Å². The number of piperidine rings is 1. The number of nitrogens with zero attached hydrogens (tertiary/aromatic N) is 1. The molecule has 20 heavy (non-hydrogen) atoms. The Morgan fingerprint density at radius 3 is 2.30 bits per heavy atom. The first kappa shape index (κ1) is 15.0. The Morgan fingerprint density at radius 1 is 1.20 bits per heavy atom. The lowest BCUT2D eigenvalue weighted by Gasteiger charge is -2.34. The number of rotatable bonds is 4. The molecule has 1 aromatic rings. The van der Waals surface area contributed by atoms with E-state index >= 15 is 0 Å². The molecule has 112 valence electrons. The minimum Gasteiger partial charge on any atom is -0.406 e. The maximum Gasteiger partial charge on any atom is 0.573 e. The van der Waals surface area contributed by atoms with Gasteiger partial charge in [-0.15, -0.1) is 13.2 Å². The SMILES string of the molecule is CCNC1CCN(c2ccc(OC(F)(F)F)cc2)CC1. The van der Waals surface area contributed by atoms with E-state index in [0.717, 1.165) is 38.2 Å². The van der Waals surface area contributed by atoms with Crippen LogP contribution in [0, 0.1) is 0 Å². The highest BCUT2D eigenvalue weighted by molar-refractivity contribution is 5.49. The summed E-state index contributed by atoms with van der Waals surface area (Å²) in [5.41, 5.74) is 0.939. The number of hydrogen-bond donors (Lipinski definition) is 1. The topological polar surface area (TPSA) is 24.5 Å².